The standard InChI is InChI=1S/C16H23O2/c1-3-7-15(8-4-1)11-12-17-13-14-18-16-9-5-2-6-10-16/h3-4,7-8,16H,2,5-6,9-14H2. The van der Waals surface area contributed by atoms with Gasteiger partial charge in [-0.05, 0) is 30.9 Å². The molecule has 2 heteroatoms. The van der Waals surface area contributed by atoms with Gasteiger partial charge in [0, 0.05) is 0 Å². The van der Waals surface area contributed by atoms with E-state index in [4.69, 9.17) is 9.47 Å². The molecule has 2 nitrogen and oxygen atoms in total. The molecule has 0 bridgehead atoms. The third-order valence-electron chi connectivity index (χ3n) is 3.46. The lowest BCUT2D eigenvalue weighted by atomic mass is 9.98. The molecular formula is C16H23O2. The maximum atomic E-state index is 5.81. The molecule has 0 N–H and O–H groups in total. The van der Waals surface area contributed by atoms with Crippen LogP contribution in [-0.4, -0.2) is 25.9 Å². The molecule has 0 unspecified atom stereocenters. The van der Waals surface area contributed by atoms with E-state index < -0.39 is 0 Å². The van der Waals surface area contributed by atoms with E-state index in [1.54, 1.807) is 0 Å². The highest BCUT2D eigenvalue weighted by molar-refractivity contribution is 5.13. The van der Waals surface area contributed by atoms with Crippen LogP contribution in [0.5, 0.6) is 0 Å². The zero-order valence-electron chi connectivity index (χ0n) is 11.1. The first kappa shape index (κ1) is 13.6. The summed E-state index contributed by atoms with van der Waals surface area (Å²) in [6.45, 7) is 2.24. The number of ether oxygens (including phenoxy) is 2. The summed E-state index contributed by atoms with van der Waals surface area (Å²) < 4.78 is 11.4. The van der Waals surface area contributed by atoms with Gasteiger partial charge < -0.3 is 9.47 Å². The van der Waals surface area contributed by atoms with E-state index in [2.05, 4.69) is 18.2 Å². The van der Waals surface area contributed by atoms with Crippen LogP contribution in [0.15, 0.2) is 24.3 Å². The largest absolute Gasteiger partial charge is 0.379 e. The fourth-order valence-corrected chi connectivity index (χ4v) is 2.39. The van der Waals surface area contributed by atoms with E-state index in [1.165, 1.54) is 37.7 Å². The third-order valence-corrected chi connectivity index (χ3v) is 3.46. The minimum Gasteiger partial charge on any atom is -0.379 e. The molecule has 99 valence electrons. The van der Waals surface area contributed by atoms with E-state index in [9.17, 15) is 0 Å². The Hall–Kier alpha value is -0.860. The van der Waals surface area contributed by atoms with E-state index in [-0.39, 0.29) is 0 Å². The summed E-state index contributed by atoms with van der Waals surface area (Å²) in [4.78, 5) is 0. The molecule has 0 aliphatic heterocycles. The second-order valence-corrected chi connectivity index (χ2v) is 4.90. The molecule has 0 amide bonds. The van der Waals surface area contributed by atoms with Crippen LogP contribution in [0.3, 0.4) is 0 Å². The Morgan fingerprint density at radius 1 is 1.00 bits per heavy atom. The Labute approximate surface area is 110 Å². The number of hydrogen-bond acceptors (Lipinski definition) is 2. The molecule has 0 heterocycles. The Morgan fingerprint density at radius 3 is 2.56 bits per heavy atom. The maximum Gasteiger partial charge on any atom is 0.0704 e. The van der Waals surface area contributed by atoms with Crippen LogP contribution >= 0.6 is 0 Å². The van der Waals surface area contributed by atoms with E-state index in [0.29, 0.717) is 6.10 Å². The van der Waals surface area contributed by atoms with Gasteiger partial charge in [-0.15, -0.1) is 0 Å². The van der Waals surface area contributed by atoms with Gasteiger partial charge in [-0.1, -0.05) is 43.5 Å². The van der Waals surface area contributed by atoms with Gasteiger partial charge in [-0.3, -0.25) is 0 Å². The fourth-order valence-electron chi connectivity index (χ4n) is 2.39. The highest BCUT2D eigenvalue weighted by atomic mass is 16.5. The first-order valence-corrected chi connectivity index (χ1v) is 7.09. The van der Waals surface area contributed by atoms with Crippen LogP contribution in [0.4, 0.5) is 0 Å². The zero-order chi connectivity index (χ0) is 12.5. The summed E-state index contributed by atoms with van der Waals surface area (Å²) >= 11 is 0. The molecule has 1 aliphatic rings. The summed E-state index contributed by atoms with van der Waals surface area (Å²) in [6, 6.07) is 11.1. The molecule has 1 saturated carbocycles. The Bertz CT molecular complexity index is 304. The molecule has 0 spiro atoms. The van der Waals surface area contributed by atoms with Crippen molar-refractivity contribution < 1.29 is 9.47 Å². The van der Waals surface area contributed by atoms with E-state index in [0.717, 1.165) is 26.2 Å². The minimum absolute atomic E-state index is 0.493. The molecular weight excluding hydrogens is 224 g/mol. The van der Waals surface area contributed by atoms with Crippen molar-refractivity contribution in [3.63, 3.8) is 0 Å². The van der Waals surface area contributed by atoms with Crippen molar-refractivity contribution in [1.29, 1.82) is 0 Å². The van der Waals surface area contributed by atoms with Gasteiger partial charge in [-0.2, -0.15) is 0 Å². The number of benzene rings is 1. The predicted octanol–water partition coefficient (Wildman–Crippen LogP) is 3.40. The van der Waals surface area contributed by atoms with Crippen LogP contribution in [0.25, 0.3) is 0 Å². The van der Waals surface area contributed by atoms with Gasteiger partial charge in [0.2, 0.25) is 0 Å². The highest BCUT2D eigenvalue weighted by Gasteiger charge is 2.12. The van der Waals surface area contributed by atoms with Crippen molar-refractivity contribution in [3.8, 4) is 0 Å². The lowest BCUT2D eigenvalue weighted by Gasteiger charge is -2.21. The average Bonchev–Trinajstić information content (AvgIpc) is 2.45. The minimum atomic E-state index is 0.493. The fraction of sp³-hybridized carbons (Fsp3) is 0.625. The summed E-state index contributed by atoms with van der Waals surface area (Å²) in [5.74, 6) is 0. The second kappa shape index (κ2) is 8.28. The molecule has 2 rings (SSSR count). The lowest BCUT2D eigenvalue weighted by Crippen LogP contribution is -2.19. The van der Waals surface area contributed by atoms with Crippen LogP contribution in [0.1, 0.15) is 37.7 Å². The lowest BCUT2D eigenvalue weighted by molar-refractivity contribution is -0.00954. The first-order valence-electron chi connectivity index (χ1n) is 7.09. The molecule has 0 saturated heterocycles. The van der Waals surface area contributed by atoms with Gasteiger partial charge >= 0.3 is 0 Å². The first-order chi connectivity index (χ1) is 8.95. The maximum absolute atomic E-state index is 5.81. The molecule has 1 fully saturated rings. The van der Waals surface area contributed by atoms with Gasteiger partial charge in [0.15, 0.2) is 0 Å². The molecule has 1 aromatic carbocycles. The van der Waals surface area contributed by atoms with Gasteiger partial charge in [0.25, 0.3) is 0 Å². The molecule has 1 aromatic rings. The van der Waals surface area contributed by atoms with Gasteiger partial charge in [-0.25, -0.2) is 0 Å². The molecule has 0 atom stereocenters. The van der Waals surface area contributed by atoms with Crippen LogP contribution in [-0.2, 0) is 15.9 Å². The van der Waals surface area contributed by atoms with Crippen molar-refractivity contribution in [3.05, 3.63) is 35.9 Å². The van der Waals surface area contributed by atoms with Crippen molar-refractivity contribution >= 4 is 0 Å². The molecule has 1 radical (unpaired) electrons. The van der Waals surface area contributed by atoms with Crippen molar-refractivity contribution in [2.75, 3.05) is 19.8 Å². The Balaban J connectivity index is 1.46. The van der Waals surface area contributed by atoms with Crippen molar-refractivity contribution in [2.45, 2.75) is 44.6 Å². The second-order valence-electron chi connectivity index (χ2n) is 4.90. The van der Waals surface area contributed by atoms with Crippen molar-refractivity contribution in [1.82, 2.24) is 0 Å². The topological polar surface area (TPSA) is 18.5 Å². The zero-order valence-corrected chi connectivity index (χ0v) is 11.1. The van der Waals surface area contributed by atoms with Gasteiger partial charge in [0.1, 0.15) is 0 Å². The number of hydrogen-bond donors (Lipinski definition) is 0. The summed E-state index contributed by atoms with van der Waals surface area (Å²) in [7, 11) is 0. The summed E-state index contributed by atoms with van der Waals surface area (Å²) in [6.07, 6.45) is 7.98. The Kier molecular flexibility index (Phi) is 6.24. The van der Waals surface area contributed by atoms with Crippen LogP contribution in [0, 0.1) is 6.07 Å². The van der Waals surface area contributed by atoms with Crippen molar-refractivity contribution in [2.24, 2.45) is 0 Å². The monoisotopic (exact) mass is 247 g/mol. The molecule has 1 aliphatic carbocycles. The van der Waals surface area contributed by atoms with E-state index in [1.807, 2.05) is 12.1 Å². The number of rotatable bonds is 7. The van der Waals surface area contributed by atoms with Gasteiger partial charge in [0.05, 0.1) is 25.9 Å². The molecule has 0 aromatic heterocycles. The summed E-state index contributed by atoms with van der Waals surface area (Å²) in [5.41, 5.74) is 1.31. The van der Waals surface area contributed by atoms with Crippen LogP contribution in [0.2, 0.25) is 0 Å². The predicted molar refractivity (Wildman–Crippen MR) is 72.6 cm³/mol. The Morgan fingerprint density at radius 2 is 1.78 bits per heavy atom. The summed E-state index contributed by atoms with van der Waals surface area (Å²) in [5, 5.41) is 0. The quantitative estimate of drug-likeness (QED) is 0.688. The molecule has 18 heavy (non-hydrogen) atoms. The SMILES string of the molecule is [c]1ccc(CCOCCOC2CCCCC2)cc1. The van der Waals surface area contributed by atoms with Crippen LogP contribution < -0.4 is 0 Å². The smallest absolute Gasteiger partial charge is 0.0704 e. The normalized spacial score (nSPS) is 16.9. The highest BCUT2D eigenvalue weighted by Crippen LogP contribution is 2.19. The average molecular weight is 247 g/mol. The third kappa shape index (κ3) is 5.19. The van der Waals surface area contributed by atoms with E-state index >= 15 is 0 Å².